The lowest BCUT2D eigenvalue weighted by atomic mass is 10.1. The molecule has 128 valence electrons. The predicted octanol–water partition coefficient (Wildman–Crippen LogP) is 3.65. The summed E-state index contributed by atoms with van der Waals surface area (Å²) in [6, 6.07) is 14.3. The van der Waals surface area contributed by atoms with Crippen molar-refractivity contribution < 1.29 is 13.9 Å². The zero-order chi connectivity index (χ0) is 17.6. The maximum Gasteiger partial charge on any atom is 0.258 e. The van der Waals surface area contributed by atoms with Crippen LogP contribution in [0.1, 0.15) is 18.5 Å². The second kappa shape index (κ2) is 7.81. The third kappa shape index (κ3) is 4.58. The average molecular weight is 358 g/mol. The van der Waals surface area contributed by atoms with Gasteiger partial charge in [-0.15, -0.1) is 10.2 Å². The van der Waals surface area contributed by atoms with Crippen molar-refractivity contribution in [3.8, 4) is 17.2 Å². The minimum atomic E-state index is -0.205. The summed E-state index contributed by atoms with van der Waals surface area (Å²) in [5.74, 6) is 0.807. The van der Waals surface area contributed by atoms with E-state index in [0.29, 0.717) is 16.7 Å². The molecule has 1 heterocycles. The molecule has 0 bridgehead atoms. The van der Waals surface area contributed by atoms with Gasteiger partial charge in [0.1, 0.15) is 5.75 Å². The van der Waals surface area contributed by atoms with Gasteiger partial charge in [0.2, 0.25) is 12.3 Å². The van der Waals surface area contributed by atoms with E-state index in [4.69, 9.17) is 20.8 Å². The molecule has 0 saturated carbocycles. The Hall–Kier alpha value is -2.86. The van der Waals surface area contributed by atoms with Crippen molar-refractivity contribution in [2.75, 3.05) is 6.61 Å². The molecule has 0 aliphatic carbocycles. The van der Waals surface area contributed by atoms with E-state index in [2.05, 4.69) is 15.5 Å². The third-order valence-electron chi connectivity index (χ3n) is 3.58. The highest BCUT2D eigenvalue weighted by molar-refractivity contribution is 6.30. The smallest absolute Gasteiger partial charge is 0.258 e. The van der Waals surface area contributed by atoms with Crippen LogP contribution in [0.4, 0.5) is 0 Å². The summed E-state index contributed by atoms with van der Waals surface area (Å²) in [5, 5.41) is 11.0. The number of rotatable bonds is 6. The Balaban J connectivity index is 1.51. The van der Waals surface area contributed by atoms with Crippen LogP contribution in [0, 0.1) is 0 Å². The first-order chi connectivity index (χ1) is 12.1. The Morgan fingerprint density at radius 3 is 2.56 bits per heavy atom. The molecule has 0 unspecified atom stereocenters. The number of aromatic nitrogens is 2. The van der Waals surface area contributed by atoms with Gasteiger partial charge in [0.05, 0.1) is 6.04 Å². The molecular weight excluding hydrogens is 342 g/mol. The Bertz CT molecular complexity index is 818. The molecule has 6 nitrogen and oxygen atoms in total. The van der Waals surface area contributed by atoms with Crippen molar-refractivity contribution in [3.63, 3.8) is 0 Å². The standard InChI is InChI=1S/C18H16ClN3O3/c1-12(13-2-6-15(19)7-3-13)21-17(23)10-24-16-8-4-14(5-9-16)18-22-20-11-25-18/h2-9,11-12H,10H2,1H3,(H,21,23)/t12-/m0/s1. The SMILES string of the molecule is C[C@H](NC(=O)COc1ccc(-c2nnco2)cc1)c1ccc(Cl)cc1. The Morgan fingerprint density at radius 1 is 1.20 bits per heavy atom. The molecular formula is C18H16ClN3O3. The van der Waals surface area contributed by atoms with Crippen LogP contribution in [-0.2, 0) is 4.79 Å². The van der Waals surface area contributed by atoms with Crippen LogP contribution in [0.5, 0.6) is 5.75 Å². The Labute approximate surface area is 149 Å². The van der Waals surface area contributed by atoms with Gasteiger partial charge in [-0.25, -0.2) is 0 Å². The summed E-state index contributed by atoms with van der Waals surface area (Å²) >= 11 is 5.86. The van der Waals surface area contributed by atoms with Gasteiger partial charge in [0.15, 0.2) is 6.61 Å². The maximum absolute atomic E-state index is 12.0. The summed E-state index contributed by atoms with van der Waals surface area (Å²) < 4.78 is 10.6. The fourth-order valence-electron chi connectivity index (χ4n) is 2.26. The van der Waals surface area contributed by atoms with E-state index in [1.54, 1.807) is 36.4 Å². The summed E-state index contributed by atoms with van der Waals surface area (Å²) in [6.07, 6.45) is 1.27. The van der Waals surface area contributed by atoms with Crippen LogP contribution >= 0.6 is 11.6 Å². The van der Waals surface area contributed by atoms with Crippen molar-refractivity contribution in [1.82, 2.24) is 15.5 Å². The number of hydrogen-bond acceptors (Lipinski definition) is 5. The van der Waals surface area contributed by atoms with Gasteiger partial charge in [-0.3, -0.25) is 4.79 Å². The lowest BCUT2D eigenvalue weighted by Gasteiger charge is -2.15. The third-order valence-corrected chi connectivity index (χ3v) is 3.83. The van der Waals surface area contributed by atoms with Crippen LogP contribution in [0.25, 0.3) is 11.5 Å². The molecule has 0 fully saturated rings. The molecule has 0 saturated heterocycles. The molecule has 3 aromatic rings. The molecule has 7 heteroatoms. The van der Waals surface area contributed by atoms with Gasteiger partial charge < -0.3 is 14.5 Å². The summed E-state index contributed by atoms with van der Waals surface area (Å²) in [6.45, 7) is 1.83. The fraction of sp³-hybridized carbons (Fsp3) is 0.167. The van der Waals surface area contributed by atoms with Crippen molar-refractivity contribution >= 4 is 17.5 Å². The van der Waals surface area contributed by atoms with Gasteiger partial charge >= 0.3 is 0 Å². The van der Waals surface area contributed by atoms with Gasteiger partial charge in [0, 0.05) is 10.6 Å². The van der Waals surface area contributed by atoms with E-state index in [-0.39, 0.29) is 18.6 Å². The monoisotopic (exact) mass is 357 g/mol. The fourth-order valence-corrected chi connectivity index (χ4v) is 2.39. The Kier molecular flexibility index (Phi) is 5.30. The van der Waals surface area contributed by atoms with E-state index < -0.39 is 0 Å². The van der Waals surface area contributed by atoms with Crippen LogP contribution in [0.15, 0.2) is 59.3 Å². The van der Waals surface area contributed by atoms with Crippen LogP contribution in [-0.4, -0.2) is 22.7 Å². The first-order valence-electron chi connectivity index (χ1n) is 7.66. The number of carbonyl (C=O) groups is 1. The molecule has 1 aromatic heterocycles. The molecule has 0 aliphatic heterocycles. The van der Waals surface area contributed by atoms with E-state index >= 15 is 0 Å². The molecule has 0 aliphatic rings. The second-order valence-electron chi connectivity index (χ2n) is 5.40. The normalized spacial score (nSPS) is 11.8. The minimum Gasteiger partial charge on any atom is -0.484 e. The van der Waals surface area contributed by atoms with Crippen LogP contribution in [0.3, 0.4) is 0 Å². The maximum atomic E-state index is 12.0. The Morgan fingerprint density at radius 2 is 1.92 bits per heavy atom. The summed E-state index contributed by atoms with van der Waals surface area (Å²) in [5.41, 5.74) is 1.76. The number of halogens is 1. The van der Waals surface area contributed by atoms with E-state index in [1.165, 1.54) is 6.39 Å². The molecule has 1 amide bonds. The number of carbonyl (C=O) groups excluding carboxylic acids is 1. The van der Waals surface area contributed by atoms with Gasteiger partial charge in [-0.2, -0.15) is 0 Å². The van der Waals surface area contributed by atoms with Gasteiger partial charge in [0.25, 0.3) is 5.91 Å². The molecule has 25 heavy (non-hydrogen) atoms. The zero-order valence-corrected chi connectivity index (χ0v) is 14.2. The summed E-state index contributed by atoms with van der Waals surface area (Å²) in [4.78, 5) is 12.0. The van der Waals surface area contributed by atoms with Crippen molar-refractivity contribution in [3.05, 3.63) is 65.5 Å². The first-order valence-corrected chi connectivity index (χ1v) is 8.04. The van der Waals surface area contributed by atoms with Crippen molar-refractivity contribution in [2.45, 2.75) is 13.0 Å². The number of amides is 1. The number of nitrogens with one attached hydrogen (secondary N) is 1. The summed E-state index contributed by atoms with van der Waals surface area (Å²) in [7, 11) is 0. The number of nitrogens with zero attached hydrogens (tertiary/aromatic N) is 2. The molecule has 1 atom stereocenters. The largest absolute Gasteiger partial charge is 0.484 e. The van der Waals surface area contributed by atoms with Crippen molar-refractivity contribution in [1.29, 1.82) is 0 Å². The predicted molar refractivity (Wildman–Crippen MR) is 93.2 cm³/mol. The van der Waals surface area contributed by atoms with Crippen LogP contribution in [0.2, 0.25) is 5.02 Å². The van der Waals surface area contributed by atoms with E-state index in [1.807, 2.05) is 19.1 Å². The van der Waals surface area contributed by atoms with Crippen LogP contribution < -0.4 is 10.1 Å². The highest BCUT2D eigenvalue weighted by atomic mass is 35.5. The quantitative estimate of drug-likeness (QED) is 0.728. The van der Waals surface area contributed by atoms with Crippen molar-refractivity contribution in [2.24, 2.45) is 0 Å². The number of ether oxygens (including phenoxy) is 1. The minimum absolute atomic E-state index is 0.0716. The zero-order valence-electron chi connectivity index (χ0n) is 13.5. The van der Waals surface area contributed by atoms with Gasteiger partial charge in [-0.05, 0) is 48.9 Å². The molecule has 0 radical (unpaired) electrons. The first kappa shape index (κ1) is 17.0. The highest BCUT2D eigenvalue weighted by Crippen LogP contribution is 2.20. The average Bonchev–Trinajstić information content (AvgIpc) is 3.15. The lowest BCUT2D eigenvalue weighted by molar-refractivity contribution is -0.123. The topological polar surface area (TPSA) is 77.2 Å². The van der Waals surface area contributed by atoms with E-state index in [9.17, 15) is 4.79 Å². The molecule has 2 aromatic carbocycles. The molecule has 1 N–H and O–H groups in total. The van der Waals surface area contributed by atoms with Gasteiger partial charge in [-0.1, -0.05) is 23.7 Å². The number of benzene rings is 2. The molecule has 0 spiro atoms. The molecule has 3 rings (SSSR count). The second-order valence-corrected chi connectivity index (χ2v) is 5.83. The lowest BCUT2D eigenvalue weighted by Crippen LogP contribution is -2.31. The van der Waals surface area contributed by atoms with E-state index in [0.717, 1.165) is 11.1 Å². The highest BCUT2D eigenvalue weighted by Gasteiger charge is 2.10. The number of hydrogen-bond donors (Lipinski definition) is 1.